The lowest BCUT2D eigenvalue weighted by Crippen LogP contribution is -2.10. The Kier molecular flexibility index (Phi) is 5.87. The van der Waals surface area contributed by atoms with Crippen molar-refractivity contribution >= 4 is 34.2 Å². The van der Waals surface area contributed by atoms with Crippen molar-refractivity contribution < 1.29 is 0 Å². The molecule has 1 fully saturated rings. The normalized spacial score (nSPS) is 17.7. The SMILES string of the molecule is CC(C)Cc1nc(C2CCCCCC2)nc(Cl)c1I. The van der Waals surface area contributed by atoms with Gasteiger partial charge in [-0.05, 0) is 47.8 Å². The zero-order chi connectivity index (χ0) is 13.8. The Hall–Kier alpha value is 0.100. The summed E-state index contributed by atoms with van der Waals surface area (Å²) in [6.07, 6.45) is 8.74. The fraction of sp³-hybridized carbons (Fsp3) is 0.733. The van der Waals surface area contributed by atoms with E-state index in [-0.39, 0.29) is 0 Å². The third-order valence-corrected chi connectivity index (χ3v) is 5.44. The van der Waals surface area contributed by atoms with Crippen LogP contribution in [0.15, 0.2) is 0 Å². The van der Waals surface area contributed by atoms with Gasteiger partial charge in [0, 0.05) is 5.92 Å². The first-order valence-corrected chi connectivity index (χ1v) is 8.75. The zero-order valence-corrected chi connectivity index (χ0v) is 14.7. The molecule has 1 aliphatic carbocycles. The van der Waals surface area contributed by atoms with Crippen molar-refractivity contribution in [3.8, 4) is 0 Å². The summed E-state index contributed by atoms with van der Waals surface area (Å²) in [7, 11) is 0. The molecule has 2 nitrogen and oxygen atoms in total. The first kappa shape index (κ1) is 15.5. The second kappa shape index (κ2) is 7.21. The highest BCUT2D eigenvalue weighted by Crippen LogP contribution is 2.32. The summed E-state index contributed by atoms with van der Waals surface area (Å²) in [4.78, 5) is 9.39. The highest BCUT2D eigenvalue weighted by atomic mass is 127. The smallest absolute Gasteiger partial charge is 0.146 e. The van der Waals surface area contributed by atoms with Crippen LogP contribution in [0.4, 0.5) is 0 Å². The van der Waals surface area contributed by atoms with E-state index in [9.17, 15) is 0 Å². The molecule has 1 aliphatic rings. The maximum Gasteiger partial charge on any atom is 0.146 e. The number of halogens is 2. The van der Waals surface area contributed by atoms with Crippen molar-refractivity contribution in [1.82, 2.24) is 9.97 Å². The molecule has 2 rings (SSSR count). The largest absolute Gasteiger partial charge is 0.236 e. The maximum atomic E-state index is 6.30. The Balaban J connectivity index is 2.26. The highest BCUT2D eigenvalue weighted by molar-refractivity contribution is 14.1. The molecule has 1 aromatic heterocycles. The first-order chi connectivity index (χ1) is 9.08. The van der Waals surface area contributed by atoms with E-state index in [2.05, 4.69) is 41.4 Å². The number of hydrogen-bond acceptors (Lipinski definition) is 2. The monoisotopic (exact) mass is 392 g/mol. The quantitative estimate of drug-likeness (QED) is 0.392. The van der Waals surface area contributed by atoms with Gasteiger partial charge in [-0.2, -0.15) is 0 Å². The lowest BCUT2D eigenvalue weighted by Gasteiger charge is -2.16. The van der Waals surface area contributed by atoms with E-state index in [4.69, 9.17) is 16.6 Å². The molecule has 0 bridgehead atoms. The second-order valence-electron chi connectivity index (χ2n) is 5.92. The molecule has 0 unspecified atom stereocenters. The van der Waals surface area contributed by atoms with Crippen LogP contribution in [0.25, 0.3) is 0 Å². The average molecular weight is 393 g/mol. The third kappa shape index (κ3) is 4.28. The van der Waals surface area contributed by atoms with E-state index >= 15 is 0 Å². The van der Waals surface area contributed by atoms with Gasteiger partial charge in [0.15, 0.2) is 0 Å². The van der Waals surface area contributed by atoms with Crippen molar-refractivity contribution in [2.24, 2.45) is 5.92 Å². The number of hydrogen-bond donors (Lipinski definition) is 0. The topological polar surface area (TPSA) is 25.8 Å². The van der Waals surface area contributed by atoms with Gasteiger partial charge in [0.25, 0.3) is 0 Å². The lowest BCUT2D eigenvalue weighted by molar-refractivity contribution is 0.550. The molecule has 0 radical (unpaired) electrons. The van der Waals surface area contributed by atoms with Crippen LogP contribution in [0.3, 0.4) is 0 Å². The van der Waals surface area contributed by atoms with Crippen LogP contribution in [-0.4, -0.2) is 9.97 Å². The van der Waals surface area contributed by atoms with Crippen LogP contribution >= 0.6 is 34.2 Å². The average Bonchev–Trinajstić information content (AvgIpc) is 2.63. The predicted molar refractivity (Wildman–Crippen MR) is 88.7 cm³/mol. The lowest BCUT2D eigenvalue weighted by atomic mass is 9.99. The van der Waals surface area contributed by atoms with Gasteiger partial charge in [-0.1, -0.05) is 51.1 Å². The van der Waals surface area contributed by atoms with Gasteiger partial charge >= 0.3 is 0 Å². The summed E-state index contributed by atoms with van der Waals surface area (Å²) in [5, 5.41) is 0.644. The van der Waals surface area contributed by atoms with E-state index in [1.54, 1.807) is 0 Å². The van der Waals surface area contributed by atoms with Gasteiger partial charge in [-0.15, -0.1) is 0 Å². The molecule has 4 heteroatoms. The Bertz CT molecular complexity index is 426. The van der Waals surface area contributed by atoms with Crippen LogP contribution in [-0.2, 0) is 6.42 Å². The minimum Gasteiger partial charge on any atom is -0.236 e. The molecule has 0 N–H and O–H groups in total. The molecule has 1 aromatic rings. The van der Waals surface area contributed by atoms with Crippen LogP contribution in [0.2, 0.25) is 5.15 Å². The van der Waals surface area contributed by atoms with E-state index in [1.807, 2.05) is 0 Å². The number of aromatic nitrogens is 2. The highest BCUT2D eigenvalue weighted by Gasteiger charge is 2.20. The molecule has 0 spiro atoms. The van der Waals surface area contributed by atoms with E-state index in [0.29, 0.717) is 17.0 Å². The van der Waals surface area contributed by atoms with E-state index in [1.165, 1.54) is 38.5 Å². The summed E-state index contributed by atoms with van der Waals surface area (Å²) in [6.45, 7) is 4.44. The fourth-order valence-corrected chi connectivity index (χ4v) is 3.38. The van der Waals surface area contributed by atoms with E-state index < -0.39 is 0 Å². The fourth-order valence-electron chi connectivity index (χ4n) is 2.72. The Labute approximate surface area is 134 Å². The standard InChI is InChI=1S/C15H22ClIN2/c1-10(2)9-12-13(17)14(16)19-15(18-12)11-7-5-3-4-6-8-11/h10-11H,3-9H2,1-2H3. The molecule has 0 saturated heterocycles. The summed E-state index contributed by atoms with van der Waals surface area (Å²) in [6, 6.07) is 0. The van der Waals surface area contributed by atoms with Gasteiger partial charge < -0.3 is 0 Å². The maximum absolute atomic E-state index is 6.30. The Morgan fingerprint density at radius 2 is 1.79 bits per heavy atom. The first-order valence-electron chi connectivity index (χ1n) is 7.29. The van der Waals surface area contributed by atoms with E-state index in [0.717, 1.165) is 21.5 Å². The molecule has 106 valence electrons. The summed E-state index contributed by atoms with van der Waals surface area (Å²) in [5.41, 5.74) is 1.13. The molecule has 19 heavy (non-hydrogen) atoms. The molecule has 1 saturated carbocycles. The summed E-state index contributed by atoms with van der Waals surface area (Å²) < 4.78 is 1.03. The molecule has 1 heterocycles. The Morgan fingerprint density at radius 1 is 1.16 bits per heavy atom. The second-order valence-corrected chi connectivity index (χ2v) is 7.36. The molecule has 0 amide bonds. The molecule has 0 atom stereocenters. The van der Waals surface area contributed by atoms with Crippen LogP contribution in [0.5, 0.6) is 0 Å². The van der Waals surface area contributed by atoms with Crippen molar-refractivity contribution in [3.05, 3.63) is 20.2 Å². The number of rotatable bonds is 3. The van der Waals surface area contributed by atoms with Crippen molar-refractivity contribution in [3.63, 3.8) is 0 Å². The van der Waals surface area contributed by atoms with Gasteiger partial charge in [-0.25, -0.2) is 9.97 Å². The van der Waals surface area contributed by atoms with Gasteiger partial charge in [-0.3, -0.25) is 0 Å². The zero-order valence-electron chi connectivity index (χ0n) is 11.8. The minimum atomic E-state index is 0.517. The molecule has 0 aliphatic heterocycles. The summed E-state index contributed by atoms with van der Waals surface area (Å²) >= 11 is 8.58. The molecular formula is C15H22ClIN2. The third-order valence-electron chi connectivity index (χ3n) is 3.72. The van der Waals surface area contributed by atoms with Gasteiger partial charge in [0.05, 0.1) is 9.26 Å². The van der Waals surface area contributed by atoms with Crippen molar-refractivity contribution in [1.29, 1.82) is 0 Å². The van der Waals surface area contributed by atoms with Crippen LogP contribution in [0.1, 0.15) is 69.8 Å². The number of nitrogens with zero attached hydrogens (tertiary/aromatic N) is 2. The Morgan fingerprint density at radius 3 is 2.37 bits per heavy atom. The minimum absolute atomic E-state index is 0.517. The van der Waals surface area contributed by atoms with Crippen molar-refractivity contribution in [2.45, 2.75) is 64.7 Å². The predicted octanol–water partition coefficient (Wildman–Crippen LogP) is 5.37. The molecule has 0 aromatic carbocycles. The van der Waals surface area contributed by atoms with Crippen LogP contribution in [0, 0.1) is 9.49 Å². The van der Waals surface area contributed by atoms with Crippen molar-refractivity contribution in [2.75, 3.05) is 0 Å². The van der Waals surface area contributed by atoms with Crippen LogP contribution < -0.4 is 0 Å². The van der Waals surface area contributed by atoms with Gasteiger partial charge in [0.1, 0.15) is 11.0 Å². The van der Waals surface area contributed by atoms with Gasteiger partial charge in [0.2, 0.25) is 0 Å². The summed E-state index contributed by atoms with van der Waals surface area (Å²) in [5.74, 6) is 2.10. The molecular weight excluding hydrogens is 371 g/mol.